The molecule has 1 aliphatic carbocycles. The van der Waals surface area contributed by atoms with Gasteiger partial charge < -0.3 is 5.32 Å². The molecule has 26 heavy (non-hydrogen) atoms. The van der Waals surface area contributed by atoms with Crippen LogP contribution in [0.3, 0.4) is 0 Å². The van der Waals surface area contributed by atoms with Crippen LogP contribution in [-0.2, 0) is 6.42 Å². The summed E-state index contributed by atoms with van der Waals surface area (Å²) < 4.78 is 1.80. The molecule has 2 amide bonds. The first-order chi connectivity index (χ1) is 12.7. The lowest BCUT2D eigenvalue weighted by molar-refractivity contribution is 0.262. The predicted molar refractivity (Wildman–Crippen MR) is 104 cm³/mol. The van der Waals surface area contributed by atoms with Gasteiger partial charge in [0, 0.05) is 11.8 Å². The van der Waals surface area contributed by atoms with Crippen LogP contribution in [0.1, 0.15) is 24.1 Å². The quantitative estimate of drug-likeness (QED) is 0.698. The van der Waals surface area contributed by atoms with Crippen LogP contribution in [0.5, 0.6) is 0 Å². The van der Waals surface area contributed by atoms with E-state index in [1.54, 1.807) is 4.68 Å². The molecule has 0 atom stereocenters. The first kappa shape index (κ1) is 16.4. The fourth-order valence-corrected chi connectivity index (χ4v) is 2.92. The van der Waals surface area contributed by atoms with Crippen LogP contribution in [0.2, 0.25) is 0 Å². The number of rotatable bonds is 5. The molecule has 1 heterocycles. The maximum atomic E-state index is 12.4. The molecule has 3 aromatic rings. The lowest BCUT2D eigenvalue weighted by Crippen LogP contribution is -2.21. The first-order valence-corrected chi connectivity index (χ1v) is 8.96. The minimum Gasteiger partial charge on any atom is -0.308 e. The summed E-state index contributed by atoms with van der Waals surface area (Å²) in [6.45, 7) is 2.02. The van der Waals surface area contributed by atoms with E-state index in [9.17, 15) is 4.79 Å². The molecule has 1 aliphatic rings. The largest absolute Gasteiger partial charge is 0.324 e. The van der Waals surface area contributed by atoms with Gasteiger partial charge in [-0.2, -0.15) is 5.10 Å². The average molecular weight is 346 g/mol. The molecule has 0 saturated heterocycles. The number of nitrogens with one attached hydrogen (secondary N) is 2. The van der Waals surface area contributed by atoms with Crippen LogP contribution in [0.15, 0.2) is 60.7 Å². The van der Waals surface area contributed by atoms with Crippen molar-refractivity contribution in [1.82, 2.24) is 9.78 Å². The number of anilines is 2. The molecular weight excluding hydrogens is 324 g/mol. The molecule has 0 spiro atoms. The number of benzene rings is 2. The van der Waals surface area contributed by atoms with E-state index < -0.39 is 0 Å². The second kappa shape index (κ2) is 7.04. The molecule has 1 aromatic heterocycles. The zero-order chi connectivity index (χ0) is 17.9. The van der Waals surface area contributed by atoms with Crippen LogP contribution >= 0.6 is 0 Å². The van der Waals surface area contributed by atoms with Gasteiger partial charge in [0.05, 0.1) is 11.4 Å². The van der Waals surface area contributed by atoms with E-state index >= 15 is 0 Å². The third-order valence-electron chi connectivity index (χ3n) is 4.51. The lowest BCUT2D eigenvalue weighted by atomic mass is 10.2. The summed E-state index contributed by atoms with van der Waals surface area (Å²) in [7, 11) is 0. The molecule has 0 aliphatic heterocycles. The second-order valence-corrected chi connectivity index (χ2v) is 6.86. The van der Waals surface area contributed by atoms with Crippen molar-refractivity contribution < 1.29 is 4.79 Å². The van der Waals surface area contributed by atoms with Crippen LogP contribution in [0, 0.1) is 12.8 Å². The lowest BCUT2D eigenvalue weighted by Gasteiger charge is -2.10. The fraction of sp³-hybridized carbons (Fsp3) is 0.238. The molecule has 5 nitrogen and oxygen atoms in total. The number of urea groups is 1. The number of aromatic nitrogens is 2. The summed E-state index contributed by atoms with van der Waals surface area (Å²) in [6, 6.07) is 19.3. The first-order valence-electron chi connectivity index (χ1n) is 8.96. The van der Waals surface area contributed by atoms with E-state index in [0.717, 1.165) is 35.0 Å². The molecule has 0 unspecified atom stereocenters. The van der Waals surface area contributed by atoms with Crippen molar-refractivity contribution in [3.63, 3.8) is 0 Å². The SMILES string of the molecule is Cc1ccc(NC(=O)Nc2cc(CC3CC3)nn2-c2ccccc2)cc1. The van der Waals surface area contributed by atoms with Crippen molar-refractivity contribution >= 4 is 17.5 Å². The molecule has 132 valence electrons. The zero-order valence-electron chi connectivity index (χ0n) is 14.8. The normalized spacial score (nSPS) is 13.4. The van der Waals surface area contributed by atoms with Crippen molar-refractivity contribution in [2.75, 3.05) is 10.6 Å². The molecular formula is C21H22N4O. The maximum absolute atomic E-state index is 12.4. The second-order valence-electron chi connectivity index (χ2n) is 6.86. The van der Waals surface area contributed by atoms with E-state index in [2.05, 4.69) is 10.6 Å². The smallest absolute Gasteiger partial charge is 0.308 e. The third-order valence-corrected chi connectivity index (χ3v) is 4.51. The van der Waals surface area contributed by atoms with Crippen molar-refractivity contribution in [3.8, 4) is 5.69 Å². The number of hydrogen-bond donors (Lipinski definition) is 2. The van der Waals surface area contributed by atoms with E-state index in [-0.39, 0.29) is 6.03 Å². The Kier molecular flexibility index (Phi) is 4.44. The Morgan fingerprint density at radius 1 is 1.08 bits per heavy atom. The van der Waals surface area contributed by atoms with Gasteiger partial charge in [0.2, 0.25) is 0 Å². The molecule has 4 rings (SSSR count). The average Bonchev–Trinajstić information content (AvgIpc) is 3.37. The molecule has 2 aromatic carbocycles. The molecule has 0 bridgehead atoms. The highest BCUT2D eigenvalue weighted by atomic mass is 16.2. The van der Waals surface area contributed by atoms with Crippen LogP contribution in [0.25, 0.3) is 5.69 Å². The van der Waals surface area contributed by atoms with Gasteiger partial charge >= 0.3 is 6.03 Å². The van der Waals surface area contributed by atoms with Gasteiger partial charge in [-0.1, -0.05) is 35.9 Å². The Hall–Kier alpha value is -3.08. The minimum atomic E-state index is -0.274. The van der Waals surface area contributed by atoms with E-state index in [4.69, 9.17) is 5.10 Å². The fourth-order valence-electron chi connectivity index (χ4n) is 2.92. The number of aryl methyl sites for hydroxylation is 1. The van der Waals surface area contributed by atoms with Gasteiger partial charge in [-0.3, -0.25) is 5.32 Å². The summed E-state index contributed by atoms with van der Waals surface area (Å²) in [5.74, 6) is 1.42. The summed E-state index contributed by atoms with van der Waals surface area (Å²) in [4.78, 5) is 12.4. The van der Waals surface area contributed by atoms with E-state index in [1.807, 2.05) is 67.6 Å². The van der Waals surface area contributed by atoms with Gasteiger partial charge in [-0.15, -0.1) is 0 Å². The molecule has 2 N–H and O–H groups in total. The molecule has 1 fully saturated rings. The Labute approximate surface area is 153 Å². The number of nitrogens with zero attached hydrogens (tertiary/aromatic N) is 2. The topological polar surface area (TPSA) is 59.0 Å². The number of hydrogen-bond acceptors (Lipinski definition) is 2. The number of carbonyl (C=O) groups is 1. The van der Waals surface area contributed by atoms with Crippen LogP contribution < -0.4 is 10.6 Å². The van der Waals surface area contributed by atoms with Crippen molar-refractivity contribution in [2.24, 2.45) is 5.92 Å². The zero-order valence-corrected chi connectivity index (χ0v) is 14.8. The Morgan fingerprint density at radius 2 is 1.81 bits per heavy atom. The number of para-hydroxylation sites is 1. The maximum Gasteiger partial charge on any atom is 0.324 e. The number of carbonyl (C=O) groups excluding carboxylic acids is 1. The number of amides is 2. The van der Waals surface area contributed by atoms with E-state index in [1.165, 1.54) is 12.8 Å². The molecule has 0 radical (unpaired) electrons. The Bertz CT molecular complexity index is 896. The highest BCUT2D eigenvalue weighted by Gasteiger charge is 2.24. The molecule has 1 saturated carbocycles. The highest BCUT2D eigenvalue weighted by molar-refractivity contribution is 5.99. The van der Waals surface area contributed by atoms with Gasteiger partial charge in [-0.05, 0) is 56.4 Å². The Balaban J connectivity index is 1.54. The minimum absolute atomic E-state index is 0.274. The van der Waals surface area contributed by atoms with Crippen molar-refractivity contribution in [2.45, 2.75) is 26.2 Å². The summed E-state index contributed by atoms with van der Waals surface area (Å²) in [5.41, 5.74) is 3.86. The van der Waals surface area contributed by atoms with Crippen LogP contribution in [0.4, 0.5) is 16.3 Å². The molecule has 5 heteroatoms. The Morgan fingerprint density at radius 3 is 2.50 bits per heavy atom. The third kappa shape index (κ3) is 3.94. The van der Waals surface area contributed by atoms with Gasteiger partial charge in [0.1, 0.15) is 5.82 Å². The van der Waals surface area contributed by atoms with Gasteiger partial charge in [0.15, 0.2) is 0 Å². The van der Waals surface area contributed by atoms with Gasteiger partial charge in [-0.25, -0.2) is 9.48 Å². The van der Waals surface area contributed by atoms with Crippen molar-refractivity contribution in [1.29, 1.82) is 0 Å². The van der Waals surface area contributed by atoms with Crippen LogP contribution in [-0.4, -0.2) is 15.8 Å². The highest BCUT2D eigenvalue weighted by Crippen LogP contribution is 2.33. The van der Waals surface area contributed by atoms with Crippen molar-refractivity contribution in [3.05, 3.63) is 71.9 Å². The summed E-state index contributed by atoms with van der Waals surface area (Å²) in [5, 5.41) is 10.5. The van der Waals surface area contributed by atoms with E-state index in [0.29, 0.717) is 5.82 Å². The standard InChI is InChI=1S/C21H22N4O/c1-15-7-11-17(12-8-15)22-21(26)23-20-14-18(13-16-9-10-16)24-25(20)19-5-3-2-4-6-19/h2-8,11-12,14,16H,9-10,13H2,1H3,(H2,22,23,26). The van der Waals surface area contributed by atoms with Gasteiger partial charge in [0.25, 0.3) is 0 Å². The summed E-state index contributed by atoms with van der Waals surface area (Å²) in [6.07, 6.45) is 3.51. The predicted octanol–water partition coefficient (Wildman–Crippen LogP) is 4.78. The monoisotopic (exact) mass is 346 g/mol. The summed E-state index contributed by atoms with van der Waals surface area (Å²) >= 11 is 0.